The van der Waals surface area contributed by atoms with Gasteiger partial charge in [-0.1, -0.05) is 44.2 Å². The zero-order valence-electron chi connectivity index (χ0n) is 9.52. The van der Waals surface area contributed by atoms with Gasteiger partial charge in [-0.15, -0.1) is 0 Å². The van der Waals surface area contributed by atoms with Crippen molar-refractivity contribution in [1.82, 2.24) is 0 Å². The van der Waals surface area contributed by atoms with E-state index in [9.17, 15) is 0 Å². The van der Waals surface area contributed by atoms with Crippen molar-refractivity contribution >= 4 is 5.69 Å². The molecule has 1 aromatic carbocycles. The lowest BCUT2D eigenvalue weighted by Gasteiger charge is -2.28. The first-order valence-electron chi connectivity index (χ1n) is 4.93. The van der Waals surface area contributed by atoms with Gasteiger partial charge in [-0.3, -0.25) is 0 Å². The van der Waals surface area contributed by atoms with Crippen LogP contribution in [0.1, 0.15) is 26.3 Å². The van der Waals surface area contributed by atoms with E-state index in [1.165, 1.54) is 16.8 Å². The van der Waals surface area contributed by atoms with E-state index in [-0.39, 0.29) is 5.41 Å². The molecule has 0 aromatic heterocycles. The molecule has 0 fully saturated rings. The molecule has 0 atom stereocenters. The lowest BCUT2D eigenvalue weighted by atomic mass is 9.78. The molecule has 0 radical (unpaired) electrons. The molecule has 14 heavy (non-hydrogen) atoms. The minimum absolute atomic E-state index is 0.0274. The van der Waals surface area contributed by atoms with Gasteiger partial charge in [0.2, 0.25) is 0 Å². The summed E-state index contributed by atoms with van der Waals surface area (Å²) >= 11 is 0. The van der Waals surface area contributed by atoms with E-state index in [2.05, 4.69) is 50.9 Å². The number of benzene rings is 1. The molecule has 0 spiro atoms. The summed E-state index contributed by atoms with van der Waals surface area (Å²) in [6, 6.07) is 8.37. The average molecular weight is 189 g/mol. The summed E-state index contributed by atoms with van der Waals surface area (Å²) in [6.07, 6.45) is 0. The maximum Gasteiger partial charge on any atom is 0.0378 e. The highest BCUT2D eigenvalue weighted by Crippen LogP contribution is 2.34. The third-order valence-corrected chi connectivity index (χ3v) is 2.94. The number of anilines is 1. The Morgan fingerprint density at radius 2 is 1.86 bits per heavy atom. The second-order valence-corrected chi connectivity index (χ2v) is 4.20. The molecule has 0 bridgehead atoms. The Morgan fingerprint density at radius 1 is 1.29 bits per heavy atom. The maximum atomic E-state index is 4.05. The van der Waals surface area contributed by atoms with E-state index < -0.39 is 0 Å². The normalized spacial score (nSPS) is 11.1. The Bertz CT molecular complexity index is 337. The SMILES string of the molecule is C=C(C)C(C)(C)c1ccccc1NC. The van der Waals surface area contributed by atoms with Crippen LogP contribution >= 0.6 is 0 Å². The zero-order chi connectivity index (χ0) is 10.8. The van der Waals surface area contributed by atoms with Crippen molar-refractivity contribution in [2.24, 2.45) is 0 Å². The van der Waals surface area contributed by atoms with Crippen molar-refractivity contribution in [2.45, 2.75) is 26.2 Å². The molecule has 0 amide bonds. The summed E-state index contributed by atoms with van der Waals surface area (Å²) in [5, 5.41) is 3.22. The summed E-state index contributed by atoms with van der Waals surface area (Å²) in [5.74, 6) is 0. The molecule has 1 heteroatoms. The van der Waals surface area contributed by atoms with Crippen LogP contribution in [-0.2, 0) is 5.41 Å². The predicted molar refractivity (Wildman–Crippen MR) is 63.8 cm³/mol. The minimum atomic E-state index is 0.0274. The standard InChI is InChI=1S/C13H19N/c1-10(2)13(3,4)11-8-6-7-9-12(11)14-5/h6-9,14H,1H2,2-5H3. The van der Waals surface area contributed by atoms with E-state index in [4.69, 9.17) is 0 Å². The van der Waals surface area contributed by atoms with Crippen LogP contribution in [0.2, 0.25) is 0 Å². The van der Waals surface area contributed by atoms with Crippen molar-refractivity contribution in [2.75, 3.05) is 12.4 Å². The van der Waals surface area contributed by atoms with Gasteiger partial charge in [-0.25, -0.2) is 0 Å². The van der Waals surface area contributed by atoms with Crippen molar-refractivity contribution in [3.8, 4) is 0 Å². The third-order valence-electron chi connectivity index (χ3n) is 2.94. The first kappa shape index (κ1) is 10.8. The van der Waals surface area contributed by atoms with Crippen LogP contribution in [0.3, 0.4) is 0 Å². The summed E-state index contributed by atoms with van der Waals surface area (Å²) < 4.78 is 0. The van der Waals surface area contributed by atoms with Gasteiger partial charge in [0.1, 0.15) is 0 Å². The smallest absolute Gasteiger partial charge is 0.0378 e. The summed E-state index contributed by atoms with van der Waals surface area (Å²) in [5.41, 5.74) is 3.69. The number of nitrogens with one attached hydrogen (secondary N) is 1. The van der Waals surface area contributed by atoms with Crippen molar-refractivity contribution in [3.63, 3.8) is 0 Å². The van der Waals surface area contributed by atoms with Crippen molar-refractivity contribution in [3.05, 3.63) is 42.0 Å². The molecular weight excluding hydrogens is 170 g/mol. The average Bonchev–Trinajstić information content (AvgIpc) is 2.17. The largest absolute Gasteiger partial charge is 0.388 e. The molecule has 1 aromatic rings. The molecule has 1 nitrogen and oxygen atoms in total. The second kappa shape index (κ2) is 3.87. The minimum Gasteiger partial charge on any atom is -0.388 e. The number of hydrogen-bond donors (Lipinski definition) is 1. The van der Waals surface area contributed by atoms with Crippen LogP contribution in [0, 0.1) is 0 Å². The van der Waals surface area contributed by atoms with Gasteiger partial charge < -0.3 is 5.32 Å². The lowest BCUT2D eigenvalue weighted by Crippen LogP contribution is -2.19. The highest BCUT2D eigenvalue weighted by atomic mass is 14.8. The Hall–Kier alpha value is -1.24. The molecule has 1 rings (SSSR count). The Kier molecular flexibility index (Phi) is 3.00. The summed E-state index contributed by atoms with van der Waals surface area (Å²) in [6.45, 7) is 10.5. The Balaban J connectivity index is 3.24. The molecule has 0 saturated carbocycles. The first-order valence-corrected chi connectivity index (χ1v) is 4.93. The number of allylic oxidation sites excluding steroid dienone is 1. The van der Waals surface area contributed by atoms with Gasteiger partial charge >= 0.3 is 0 Å². The van der Waals surface area contributed by atoms with E-state index in [1.54, 1.807) is 0 Å². The number of hydrogen-bond acceptors (Lipinski definition) is 1. The van der Waals surface area contributed by atoms with Gasteiger partial charge in [0.15, 0.2) is 0 Å². The Morgan fingerprint density at radius 3 is 2.36 bits per heavy atom. The van der Waals surface area contributed by atoms with Gasteiger partial charge in [0.05, 0.1) is 0 Å². The van der Waals surface area contributed by atoms with Gasteiger partial charge in [0, 0.05) is 18.2 Å². The fraction of sp³-hybridized carbons (Fsp3) is 0.385. The topological polar surface area (TPSA) is 12.0 Å². The lowest BCUT2D eigenvalue weighted by molar-refractivity contribution is 0.628. The summed E-state index contributed by atoms with van der Waals surface area (Å²) in [7, 11) is 1.95. The fourth-order valence-electron chi connectivity index (χ4n) is 1.48. The second-order valence-electron chi connectivity index (χ2n) is 4.20. The van der Waals surface area contributed by atoms with Crippen LogP contribution in [0.15, 0.2) is 36.4 Å². The van der Waals surface area contributed by atoms with Crippen LogP contribution in [0.5, 0.6) is 0 Å². The number of para-hydroxylation sites is 1. The predicted octanol–water partition coefficient (Wildman–Crippen LogP) is 3.58. The van der Waals surface area contributed by atoms with Crippen LogP contribution in [0.25, 0.3) is 0 Å². The summed E-state index contributed by atoms with van der Waals surface area (Å²) in [4.78, 5) is 0. The molecular formula is C13H19N. The van der Waals surface area contributed by atoms with Crippen molar-refractivity contribution < 1.29 is 0 Å². The maximum absolute atomic E-state index is 4.05. The van der Waals surface area contributed by atoms with Crippen LogP contribution in [0.4, 0.5) is 5.69 Å². The molecule has 0 heterocycles. The Labute approximate surface area is 86.8 Å². The quantitative estimate of drug-likeness (QED) is 0.717. The monoisotopic (exact) mass is 189 g/mol. The highest BCUT2D eigenvalue weighted by molar-refractivity contribution is 5.56. The van der Waals surface area contributed by atoms with Crippen LogP contribution < -0.4 is 5.32 Å². The number of rotatable bonds is 3. The molecule has 0 aliphatic heterocycles. The molecule has 0 saturated heterocycles. The van der Waals surface area contributed by atoms with Crippen LogP contribution in [-0.4, -0.2) is 7.05 Å². The van der Waals surface area contributed by atoms with E-state index in [1.807, 2.05) is 13.1 Å². The third kappa shape index (κ3) is 1.82. The van der Waals surface area contributed by atoms with E-state index >= 15 is 0 Å². The molecule has 1 N–H and O–H groups in total. The molecule has 76 valence electrons. The fourth-order valence-corrected chi connectivity index (χ4v) is 1.48. The van der Waals surface area contributed by atoms with Gasteiger partial charge in [-0.2, -0.15) is 0 Å². The van der Waals surface area contributed by atoms with Crippen molar-refractivity contribution in [1.29, 1.82) is 0 Å². The molecule has 0 aliphatic rings. The molecule has 0 aliphatic carbocycles. The zero-order valence-corrected chi connectivity index (χ0v) is 9.52. The molecule has 0 unspecified atom stereocenters. The van der Waals surface area contributed by atoms with Gasteiger partial charge in [-0.05, 0) is 18.6 Å². The van der Waals surface area contributed by atoms with E-state index in [0.29, 0.717) is 0 Å². The van der Waals surface area contributed by atoms with E-state index in [0.717, 1.165) is 0 Å². The first-order chi connectivity index (χ1) is 6.50. The highest BCUT2D eigenvalue weighted by Gasteiger charge is 2.23. The van der Waals surface area contributed by atoms with Gasteiger partial charge in [0.25, 0.3) is 0 Å².